The summed E-state index contributed by atoms with van der Waals surface area (Å²) < 4.78 is 14.9. The summed E-state index contributed by atoms with van der Waals surface area (Å²) >= 11 is 0. The van der Waals surface area contributed by atoms with Crippen molar-refractivity contribution in [2.24, 2.45) is 5.41 Å². The van der Waals surface area contributed by atoms with E-state index in [4.69, 9.17) is 4.74 Å². The predicted molar refractivity (Wildman–Crippen MR) is 76.8 cm³/mol. The van der Waals surface area contributed by atoms with Crippen LogP contribution >= 0.6 is 0 Å². The first kappa shape index (κ1) is 14.4. The molecule has 1 aromatic carbocycles. The van der Waals surface area contributed by atoms with Gasteiger partial charge in [-0.3, -0.25) is 4.79 Å². The largest absolute Gasteiger partial charge is 0.462 e. The fourth-order valence-corrected chi connectivity index (χ4v) is 2.94. The van der Waals surface area contributed by atoms with Gasteiger partial charge in [-0.1, -0.05) is 0 Å². The van der Waals surface area contributed by atoms with Crippen LogP contribution in [0.4, 0.5) is 0 Å². The van der Waals surface area contributed by atoms with Crippen molar-refractivity contribution in [1.29, 1.82) is 0 Å². The van der Waals surface area contributed by atoms with Gasteiger partial charge in [0.25, 0.3) is 0 Å². The van der Waals surface area contributed by atoms with Crippen molar-refractivity contribution < 1.29 is 33.4 Å². The third kappa shape index (κ3) is 1.91. The molecule has 0 amide bonds. The normalized spacial score (nSPS) is 24.7. The molecule has 1 atom stereocenters. The van der Waals surface area contributed by atoms with Crippen LogP contribution in [0.5, 0.6) is 5.75 Å². The summed E-state index contributed by atoms with van der Waals surface area (Å²) in [6.45, 7) is 1.61. The molecule has 2 aliphatic heterocycles. The van der Waals surface area contributed by atoms with Crippen LogP contribution in [-0.4, -0.2) is 23.9 Å². The molecule has 1 aromatic rings. The second-order valence-electron chi connectivity index (χ2n) is 5.89. The van der Waals surface area contributed by atoms with Gasteiger partial charge in [0.2, 0.25) is 0 Å². The zero-order valence-corrected chi connectivity index (χ0v) is 12.5. The minimum atomic E-state index is -1.08. The minimum absolute atomic E-state index is 0.131. The van der Waals surface area contributed by atoms with Gasteiger partial charge in [0.1, 0.15) is 16.9 Å². The second-order valence-corrected chi connectivity index (χ2v) is 5.89. The fourth-order valence-electron chi connectivity index (χ4n) is 2.94. The highest BCUT2D eigenvalue weighted by Gasteiger charge is 2.51. The van der Waals surface area contributed by atoms with Crippen molar-refractivity contribution in [3.8, 4) is 5.75 Å². The Morgan fingerprint density at radius 2 is 1.71 bits per heavy atom. The first-order chi connectivity index (χ1) is 11.4. The van der Waals surface area contributed by atoms with E-state index < -0.39 is 29.3 Å². The van der Waals surface area contributed by atoms with E-state index in [2.05, 4.69) is 9.47 Å². The number of rotatable bonds is 2. The molecule has 120 valence electrons. The highest BCUT2D eigenvalue weighted by Crippen LogP contribution is 2.44. The first-order valence-corrected chi connectivity index (χ1v) is 7.15. The van der Waals surface area contributed by atoms with Crippen LogP contribution in [0.1, 0.15) is 34.1 Å². The van der Waals surface area contributed by atoms with Crippen LogP contribution in [0.15, 0.2) is 41.7 Å². The van der Waals surface area contributed by atoms with E-state index in [1.807, 2.05) is 0 Å². The van der Waals surface area contributed by atoms with Crippen LogP contribution in [0.25, 0.3) is 0 Å². The van der Waals surface area contributed by atoms with E-state index in [1.54, 1.807) is 13.0 Å². The van der Waals surface area contributed by atoms with Gasteiger partial charge in [-0.25, -0.2) is 14.4 Å². The molecule has 0 aromatic heterocycles. The average molecular weight is 326 g/mol. The Kier molecular flexibility index (Phi) is 2.78. The van der Waals surface area contributed by atoms with Gasteiger partial charge in [0, 0.05) is 6.42 Å². The van der Waals surface area contributed by atoms with Crippen LogP contribution in [0, 0.1) is 5.41 Å². The molecule has 0 spiro atoms. The molecule has 3 aliphatic rings. The number of esters is 4. The molecular weight excluding hydrogens is 316 g/mol. The zero-order chi connectivity index (χ0) is 17.1. The van der Waals surface area contributed by atoms with Crippen molar-refractivity contribution in [2.75, 3.05) is 0 Å². The number of hydrogen-bond donors (Lipinski definition) is 0. The highest BCUT2D eigenvalue weighted by molar-refractivity contribution is 6.15. The lowest BCUT2D eigenvalue weighted by molar-refractivity contribution is -0.154. The maximum Gasteiger partial charge on any atom is 0.347 e. The maximum absolute atomic E-state index is 11.9. The predicted octanol–water partition coefficient (Wildman–Crippen LogP) is 1.68. The van der Waals surface area contributed by atoms with E-state index in [0.29, 0.717) is 17.1 Å². The van der Waals surface area contributed by atoms with Crippen molar-refractivity contribution in [3.63, 3.8) is 0 Å². The molecule has 4 rings (SSSR count). The van der Waals surface area contributed by atoms with Crippen molar-refractivity contribution in [1.82, 2.24) is 0 Å². The van der Waals surface area contributed by atoms with Gasteiger partial charge in [-0.05, 0) is 37.3 Å². The lowest BCUT2D eigenvalue weighted by Crippen LogP contribution is -2.27. The van der Waals surface area contributed by atoms with Crippen LogP contribution in [0.3, 0.4) is 0 Å². The average Bonchev–Trinajstić information content (AvgIpc) is 2.93. The van der Waals surface area contributed by atoms with E-state index >= 15 is 0 Å². The van der Waals surface area contributed by atoms with E-state index in [0.717, 1.165) is 0 Å². The van der Waals surface area contributed by atoms with Crippen molar-refractivity contribution in [3.05, 3.63) is 52.8 Å². The number of fused-ring (bicyclic) bond motifs is 2. The molecule has 1 aliphatic carbocycles. The van der Waals surface area contributed by atoms with Crippen molar-refractivity contribution >= 4 is 23.9 Å². The fraction of sp³-hybridized carbons (Fsp3) is 0.176. The summed E-state index contributed by atoms with van der Waals surface area (Å²) in [5.74, 6) is -1.91. The molecule has 0 radical (unpaired) electrons. The zero-order valence-electron chi connectivity index (χ0n) is 12.5. The minimum Gasteiger partial charge on any atom is -0.462 e. The number of carbonyl (C=O) groups excluding carboxylic acids is 4. The molecule has 2 heterocycles. The van der Waals surface area contributed by atoms with Gasteiger partial charge in [-0.15, -0.1) is 0 Å². The Hall–Kier alpha value is -3.22. The molecular formula is C17H10O7. The number of hydrogen-bond acceptors (Lipinski definition) is 7. The van der Waals surface area contributed by atoms with E-state index in [9.17, 15) is 19.2 Å². The first-order valence-electron chi connectivity index (χ1n) is 7.15. The van der Waals surface area contributed by atoms with Gasteiger partial charge < -0.3 is 14.2 Å². The quantitative estimate of drug-likeness (QED) is 0.602. The van der Waals surface area contributed by atoms with Gasteiger partial charge in [0.15, 0.2) is 0 Å². The van der Waals surface area contributed by atoms with Gasteiger partial charge in [-0.2, -0.15) is 0 Å². The molecule has 0 N–H and O–H groups in total. The number of cyclic esters (lactones) is 4. The maximum atomic E-state index is 11.9. The third-order valence-electron chi connectivity index (χ3n) is 4.28. The lowest BCUT2D eigenvalue weighted by Gasteiger charge is -2.24. The summed E-state index contributed by atoms with van der Waals surface area (Å²) in [4.78, 5) is 46.5. The Labute approximate surface area is 135 Å². The topological polar surface area (TPSA) is 96.0 Å². The number of benzene rings is 1. The van der Waals surface area contributed by atoms with Crippen LogP contribution in [0.2, 0.25) is 0 Å². The summed E-state index contributed by atoms with van der Waals surface area (Å²) in [6, 6.07) is 4.37. The molecule has 0 bridgehead atoms. The summed E-state index contributed by atoms with van der Waals surface area (Å²) in [6.07, 6.45) is 3.23. The Balaban J connectivity index is 1.63. The number of carbonyl (C=O) groups is 4. The molecule has 24 heavy (non-hydrogen) atoms. The number of ether oxygens (including phenoxy) is 3. The van der Waals surface area contributed by atoms with Crippen molar-refractivity contribution in [2.45, 2.75) is 13.3 Å². The summed E-state index contributed by atoms with van der Waals surface area (Å²) in [7, 11) is 0. The standard InChI is InChI=1S/C17H10O7/c1-17-7-9(3-5-12(17)15(20)24-16(17)21)22-8-2-4-10-11(6-8)14(19)23-13(10)18/h2-6H,7H2,1H3. The molecule has 1 unspecified atom stereocenters. The summed E-state index contributed by atoms with van der Waals surface area (Å²) in [5.41, 5.74) is -0.467. The molecule has 7 nitrogen and oxygen atoms in total. The van der Waals surface area contributed by atoms with Gasteiger partial charge in [0.05, 0.1) is 16.7 Å². The monoisotopic (exact) mass is 326 g/mol. The third-order valence-corrected chi connectivity index (χ3v) is 4.28. The van der Waals surface area contributed by atoms with Crippen LogP contribution in [-0.2, 0) is 19.1 Å². The number of allylic oxidation sites excluding steroid dienone is 3. The van der Waals surface area contributed by atoms with Crippen LogP contribution < -0.4 is 4.74 Å². The Bertz CT molecular complexity index is 906. The lowest BCUT2D eigenvalue weighted by atomic mass is 9.77. The Morgan fingerprint density at radius 1 is 0.958 bits per heavy atom. The summed E-state index contributed by atoms with van der Waals surface area (Å²) in [5, 5.41) is 0. The van der Waals surface area contributed by atoms with E-state index in [1.165, 1.54) is 24.3 Å². The SMILES string of the molecule is CC12CC(Oc3ccc4c(c3)C(=O)OC4=O)=CC=C1C(=O)OC2=O. The molecule has 1 fully saturated rings. The molecule has 1 saturated heterocycles. The highest BCUT2D eigenvalue weighted by atomic mass is 16.6. The smallest absolute Gasteiger partial charge is 0.347 e. The molecule has 7 heteroatoms. The second kappa shape index (κ2) is 4.64. The van der Waals surface area contributed by atoms with Gasteiger partial charge >= 0.3 is 23.9 Å². The van der Waals surface area contributed by atoms with E-state index in [-0.39, 0.29) is 17.5 Å². The Morgan fingerprint density at radius 3 is 2.50 bits per heavy atom. The molecule has 0 saturated carbocycles.